The molecule has 0 unspecified atom stereocenters. The summed E-state index contributed by atoms with van der Waals surface area (Å²) in [4.78, 5) is 18.6. The van der Waals surface area contributed by atoms with E-state index in [9.17, 15) is 26.7 Å². The van der Waals surface area contributed by atoms with Gasteiger partial charge in [-0.25, -0.2) is 13.8 Å². The number of benzene rings is 2. The fourth-order valence-corrected chi connectivity index (χ4v) is 4.17. The van der Waals surface area contributed by atoms with Crippen LogP contribution in [0, 0.1) is 11.6 Å². The van der Waals surface area contributed by atoms with Crippen molar-refractivity contribution >= 4 is 17.4 Å². The Morgan fingerprint density at radius 1 is 1.12 bits per heavy atom. The van der Waals surface area contributed by atoms with Crippen molar-refractivity contribution in [3.05, 3.63) is 65.5 Å². The Bertz CT molecular complexity index is 1230. The number of anilines is 2. The molecule has 1 amide bonds. The topological polar surface area (TPSA) is 76.2 Å². The van der Waals surface area contributed by atoms with E-state index in [2.05, 4.69) is 10.3 Å². The molecule has 11 heteroatoms. The lowest BCUT2D eigenvalue weighted by atomic mass is 9.99. The van der Waals surface area contributed by atoms with Crippen LogP contribution < -0.4 is 11.1 Å². The molecule has 0 fully saturated rings. The Morgan fingerprint density at radius 2 is 1.79 bits per heavy atom. The van der Waals surface area contributed by atoms with Crippen LogP contribution in [0.5, 0.6) is 0 Å². The summed E-state index contributed by atoms with van der Waals surface area (Å²) in [6.45, 7) is 3.89. The maximum atomic E-state index is 13.9. The van der Waals surface area contributed by atoms with Crippen molar-refractivity contribution in [2.24, 2.45) is 5.73 Å². The van der Waals surface area contributed by atoms with Gasteiger partial charge in [-0.05, 0) is 56.3 Å². The summed E-state index contributed by atoms with van der Waals surface area (Å²) >= 11 is 0. The van der Waals surface area contributed by atoms with Gasteiger partial charge in [0.05, 0.1) is 17.6 Å². The quantitative estimate of drug-likeness (QED) is 0.536. The van der Waals surface area contributed by atoms with E-state index in [1.807, 2.05) is 0 Å². The van der Waals surface area contributed by atoms with Crippen molar-refractivity contribution < 1.29 is 26.7 Å². The maximum absolute atomic E-state index is 13.9. The Balaban J connectivity index is 1.91. The van der Waals surface area contributed by atoms with E-state index >= 15 is 0 Å². The maximum Gasteiger partial charge on any atom is 0.419 e. The number of aromatic nitrogens is 2. The summed E-state index contributed by atoms with van der Waals surface area (Å²) in [6, 6.07) is 8.08. The predicted octanol–water partition coefficient (Wildman–Crippen LogP) is 4.63. The highest BCUT2D eigenvalue weighted by atomic mass is 19.4. The van der Waals surface area contributed by atoms with Crippen molar-refractivity contribution in [3.8, 4) is 11.3 Å². The van der Waals surface area contributed by atoms with Crippen LogP contribution >= 0.6 is 0 Å². The molecule has 1 aromatic heterocycles. The average Bonchev–Trinajstić information content (AvgIpc) is 3.14. The summed E-state index contributed by atoms with van der Waals surface area (Å²) in [6.07, 6.45) is -4.90. The first kappa shape index (κ1) is 23.7. The molecule has 0 bridgehead atoms. The zero-order valence-electron chi connectivity index (χ0n) is 18.4. The van der Waals surface area contributed by atoms with Crippen molar-refractivity contribution in [2.45, 2.75) is 32.1 Å². The number of halogens is 5. The molecular formula is C23H22F5N5O. The molecule has 34 heavy (non-hydrogen) atoms. The molecule has 3 aromatic rings. The molecule has 6 nitrogen and oxygen atoms in total. The van der Waals surface area contributed by atoms with Gasteiger partial charge < -0.3 is 20.5 Å². The first-order valence-electron chi connectivity index (χ1n) is 10.4. The number of hydrogen-bond acceptors (Lipinski definition) is 4. The number of amides is 1. The van der Waals surface area contributed by atoms with E-state index in [0.29, 0.717) is 29.9 Å². The van der Waals surface area contributed by atoms with Gasteiger partial charge in [0, 0.05) is 24.3 Å². The predicted molar refractivity (Wildman–Crippen MR) is 116 cm³/mol. The highest BCUT2D eigenvalue weighted by molar-refractivity contribution is 5.80. The van der Waals surface area contributed by atoms with Crippen LogP contribution in [0.1, 0.15) is 25.2 Å². The minimum absolute atomic E-state index is 0.0349. The van der Waals surface area contributed by atoms with E-state index in [1.54, 1.807) is 23.3 Å². The molecular weight excluding hydrogens is 457 g/mol. The van der Waals surface area contributed by atoms with E-state index in [0.717, 1.165) is 6.07 Å². The zero-order chi connectivity index (χ0) is 24.8. The van der Waals surface area contributed by atoms with Crippen molar-refractivity contribution in [1.82, 2.24) is 14.5 Å². The highest BCUT2D eigenvalue weighted by Gasteiger charge is 2.41. The molecule has 4 rings (SSSR count). The Labute approximate surface area is 192 Å². The average molecular weight is 479 g/mol. The number of fused-ring (bicyclic) bond motifs is 1. The van der Waals surface area contributed by atoms with E-state index in [4.69, 9.17) is 5.73 Å². The second-order valence-electron chi connectivity index (χ2n) is 8.42. The fourth-order valence-electron chi connectivity index (χ4n) is 4.17. The lowest BCUT2D eigenvalue weighted by molar-refractivity contribution is -0.140. The molecule has 2 heterocycles. The second-order valence-corrected chi connectivity index (χ2v) is 8.42. The number of nitrogens with one attached hydrogen (secondary N) is 1. The highest BCUT2D eigenvalue weighted by Crippen LogP contribution is 2.41. The number of nitrogens with zero attached hydrogens (tertiary/aromatic N) is 3. The normalized spacial score (nSPS) is 15.2. The van der Waals surface area contributed by atoms with Gasteiger partial charge in [-0.1, -0.05) is 0 Å². The third-order valence-corrected chi connectivity index (χ3v) is 5.86. The number of carbonyl (C=O) groups excluding carboxylic acids is 1. The number of carbonyl (C=O) groups is 1. The smallest absolute Gasteiger partial charge is 0.340 e. The number of imidazole rings is 1. The molecule has 2 aromatic carbocycles. The molecule has 0 atom stereocenters. The summed E-state index contributed by atoms with van der Waals surface area (Å²) in [7, 11) is 0. The first-order valence-corrected chi connectivity index (χ1v) is 10.4. The van der Waals surface area contributed by atoms with Crippen molar-refractivity contribution in [2.75, 3.05) is 18.4 Å². The monoisotopic (exact) mass is 479 g/mol. The Kier molecular flexibility index (Phi) is 5.84. The van der Waals surface area contributed by atoms with Crippen LogP contribution in [0.4, 0.5) is 33.5 Å². The number of nitrogens with two attached hydrogens (primary N) is 1. The van der Waals surface area contributed by atoms with Crippen LogP contribution in [-0.4, -0.2) is 33.4 Å². The molecule has 3 N–H and O–H groups in total. The molecule has 0 aliphatic carbocycles. The van der Waals surface area contributed by atoms with Gasteiger partial charge >= 0.3 is 6.18 Å². The molecule has 0 saturated carbocycles. The lowest BCUT2D eigenvalue weighted by Gasteiger charge is -2.42. The van der Waals surface area contributed by atoms with Gasteiger partial charge in [-0.3, -0.25) is 4.79 Å². The third-order valence-electron chi connectivity index (χ3n) is 5.86. The first-order chi connectivity index (χ1) is 15.9. The van der Waals surface area contributed by atoms with E-state index in [1.165, 1.54) is 30.3 Å². The number of hydrogen-bond donors (Lipinski definition) is 2. The molecule has 1 aliphatic rings. The van der Waals surface area contributed by atoms with Crippen LogP contribution in [0.2, 0.25) is 0 Å². The third kappa shape index (κ3) is 4.11. The molecule has 180 valence electrons. The van der Waals surface area contributed by atoms with Crippen LogP contribution in [-0.2, 0) is 23.1 Å². The largest absolute Gasteiger partial charge is 0.419 e. The molecule has 1 aliphatic heterocycles. The van der Waals surface area contributed by atoms with Gasteiger partial charge in [-0.15, -0.1) is 0 Å². The van der Waals surface area contributed by atoms with Gasteiger partial charge in [0.25, 0.3) is 0 Å². The summed E-state index contributed by atoms with van der Waals surface area (Å²) in [5.41, 5.74) is 3.85. The van der Waals surface area contributed by atoms with Crippen LogP contribution in [0.15, 0.2) is 42.5 Å². The molecule has 0 spiro atoms. The fraction of sp³-hybridized carbons (Fsp3) is 0.304. The van der Waals surface area contributed by atoms with Crippen LogP contribution in [0.25, 0.3) is 11.3 Å². The zero-order valence-corrected chi connectivity index (χ0v) is 18.4. The minimum Gasteiger partial charge on any atom is -0.340 e. The van der Waals surface area contributed by atoms with Crippen molar-refractivity contribution in [3.63, 3.8) is 0 Å². The number of alkyl halides is 3. The number of rotatable bonds is 4. The Hall–Kier alpha value is -3.47. The molecule has 0 radical (unpaired) electrons. The van der Waals surface area contributed by atoms with Crippen molar-refractivity contribution in [1.29, 1.82) is 0 Å². The van der Waals surface area contributed by atoms with Gasteiger partial charge in [0.1, 0.15) is 29.0 Å². The van der Waals surface area contributed by atoms with Gasteiger partial charge in [0.2, 0.25) is 5.91 Å². The Morgan fingerprint density at radius 3 is 2.41 bits per heavy atom. The molecule has 0 saturated heterocycles. The summed E-state index contributed by atoms with van der Waals surface area (Å²) < 4.78 is 69.3. The van der Waals surface area contributed by atoms with Crippen LogP contribution in [0.3, 0.4) is 0 Å². The summed E-state index contributed by atoms with van der Waals surface area (Å²) in [5, 5.41) is 3.11. The van der Waals surface area contributed by atoms with Gasteiger partial charge in [0.15, 0.2) is 0 Å². The standard InChI is InChI=1S/C23H22F5N5O/c1-22(2)21-31-19(13-3-8-17(25)16(11-13)23(26,27)28)20(30-15-6-4-14(24)5-7-15)32(21)9-10-33(22)18(34)12-29/h3-8,11,30H,9-10,12,29H2,1-2H3. The second kappa shape index (κ2) is 8.39. The lowest BCUT2D eigenvalue weighted by Crippen LogP contribution is -2.53. The van der Waals surface area contributed by atoms with E-state index < -0.39 is 28.9 Å². The van der Waals surface area contributed by atoms with E-state index in [-0.39, 0.29) is 30.3 Å². The minimum atomic E-state index is -4.90. The SMILES string of the molecule is CC1(C)c2nc(-c3ccc(F)c(C(F)(F)F)c3)c(Nc3ccc(F)cc3)n2CCN1C(=O)CN. The van der Waals surface area contributed by atoms with Gasteiger partial charge in [-0.2, -0.15) is 13.2 Å². The summed E-state index contributed by atoms with van der Waals surface area (Å²) in [5.74, 6) is -1.39.